The number of rotatable bonds is 7. The number of hydrogen-bond acceptors (Lipinski definition) is 5. The van der Waals surface area contributed by atoms with Gasteiger partial charge in [0, 0.05) is 18.7 Å². The molecule has 0 saturated carbocycles. The van der Waals surface area contributed by atoms with Crippen molar-refractivity contribution in [3.8, 4) is 0 Å². The first-order valence-corrected chi connectivity index (χ1v) is 11.8. The molecule has 31 heavy (non-hydrogen) atoms. The summed E-state index contributed by atoms with van der Waals surface area (Å²) in [6, 6.07) is 6.12. The molecule has 1 amide bonds. The molecule has 0 bridgehead atoms. The fourth-order valence-corrected chi connectivity index (χ4v) is 4.57. The molecular weight excluding hydrogens is 483 g/mol. The molecule has 0 saturated heterocycles. The molecule has 0 atom stereocenters. The summed E-state index contributed by atoms with van der Waals surface area (Å²) in [4.78, 5) is 11.2. The molecule has 2 aromatic rings. The Bertz CT molecular complexity index is 1220. The zero-order valence-electron chi connectivity index (χ0n) is 15.8. The van der Waals surface area contributed by atoms with Crippen molar-refractivity contribution in [2.24, 2.45) is 5.14 Å². The van der Waals surface area contributed by atoms with Crippen LogP contribution in [-0.2, 0) is 31.0 Å². The summed E-state index contributed by atoms with van der Waals surface area (Å²) in [6.45, 7) is 1.09. The Morgan fingerprint density at radius 1 is 1.10 bits per heavy atom. The molecule has 0 fully saturated rings. The van der Waals surface area contributed by atoms with Gasteiger partial charge in [0.05, 0.1) is 20.4 Å². The van der Waals surface area contributed by atoms with Crippen molar-refractivity contribution in [2.75, 3.05) is 11.9 Å². The summed E-state index contributed by atoms with van der Waals surface area (Å²) >= 11 is 5.47. The van der Waals surface area contributed by atoms with Crippen molar-refractivity contribution in [2.45, 2.75) is 29.3 Å². The van der Waals surface area contributed by atoms with E-state index in [1.165, 1.54) is 19.1 Å². The van der Waals surface area contributed by atoms with Crippen LogP contribution in [0.3, 0.4) is 0 Å². The number of aryl methyl sites for hydroxylation is 1. The van der Waals surface area contributed by atoms with Crippen LogP contribution in [0, 0.1) is 6.92 Å². The number of carbonyl (C=O) groups excluding carboxylic acids is 1. The lowest BCUT2D eigenvalue weighted by atomic mass is 10.2. The number of nitrogens with one attached hydrogen (secondary N) is 2. The van der Waals surface area contributed by atoms with E-state index in [-0.39, 0.29) is 17.0 Å². The second-order valence-corrected chi connectivity index (χ2v) is 10.1. The van der Waals surface area contributed by atoms with Gasteiger partial charge in [-0.2, -0.15) is 13.2 Å². The molecule has 0 unspecified atom stereocenters. The van der Waals surface area contributed by atoms with Gasteiger partial charge in [-0.15, -0.1) is 0 Å². The molecule has 0 aromatic heterocycles. The van der Waals surface area contributed by atoms with E-state index in [4.69, 9.17) is 16.7 Å². The molecule has 0 aliphatic rings. The predicted molar refractivity (Wildman–Crippen MR) is 107 cm³/mol. The van der Waals surface area contributed by atoms with Gasteiger partial charge in [0.2, 0.25) is 26.0 Å². The zero-order valence-corrected chi connectivity index (χ0v) is 18.2. The van der Waals surface area contributed by atoms with Crippen LogP contribution in [-0.4, -0.2) is 29.3 Å². The van der Waals surface area contributed by atoms with E-state index in [2.05, 4.69) is 5.32 Å². The van der Waals surface area contributed by atoms with Crippen LogP contribution >= 0.6 is 11.6 Å². The van der Waals surface area contributed by atoms with Gasteiger partial charge in [-0.3, -0.25) is 4.79 Å². The van der Waals surface area contributed by atoms with Crippen LogP contribution in [0.1, 0.15) is 17.5 Å². The van der Waals surface area contributed by atoms with E-state index in [0.717, 1.165) is 18.2 Å². The van der Waals surface area contributed by atoms with Crippen molar-refractivity contribution < 1.29 is 34.8 Å². The Morgan fingerprint density at radius 2 is 1.74 bits per heavy atom. The van der Waals surface area contributed by atoms with E-state index in [1.807, 2.05) is 4.72 Å². The fraction of sp³-hybridized carbons (Fsp3) is 0.235. The first-order chi connectivity index (χ1) is 14.1. The van der Waals surface area contributed by atoms with Crippen LogP contribution < -0.4 is 15.2 Å². The lowest BCUT2D eigenvalue weighted by molar-refractivity contribution is -0.137. The van der Waals surface area contributed by atoms with E-state index < -0.39 is 54.2 Å². The van der Waals surface area contributed by atoms with E-state index in [9.17, 15) is 34.8 Å². The highest BCUT2D eigenvalue weighted by Crippen LogP contribution is 2.35. The topological polar surface area (TPSA) is 135 Å². The number of primary sulfonamides is 1. The van der Waals surface area contributed by atoms with Gasteiger partial charge in [-0.25, -0.2) is 26.7 Å². The minimum Gasteiger partial charge on any atom is -0.326 e. The molecule has 0 aliphatic heterocycles. The minimum absolute atomic E-state index is 0.120. The number of sulfonamides is 2. The van der Waals surface area contributed by atoms with E-state index >= 15 is 0 Å². The first kappa shape index (κ1) is 25.1. The largest absolute Gasteiger partial charge is 0.417 e. The van der Waals surface area contributed by atoms with Gasteiger partial charge < -0.3 is 5.32 Å². The average Bonchev–Trinajstić information content (AvgIpc) is 2.61. The molecule has 0 aliphatic carbocycles. The Labute approximate surface area is 181 Å². The maximum Gasteiger partial charge on any atom is 0.417 e. The monoisotopic (exact) mass is 499 g/mol. The second-order valence-electron chi connectivity index (χ2n) is 6.36. The number of nitrogens with two attached hydrogens (primary N) is 1. The molecule has 0 spiro atoms. The van der Waals surface area contributed by atoms with Crippen molar-refractivity contribution in [1.82, 2.24) is 4.72 Å². The molecule has 0 heterocycles. The molecule has 170 valence electrons. The second kappa shape index (κ2) is 9.12. The van der Waals surface area contributed by atoms with Crippen molar-refractivity contribution in [1.29, 1.82) is 0 Å². The number of carbonyl (C=O) groups is 1. The van der Waals surface area contributed by atoms with Crippen molar-refractivity contribution >= 4 is 43.2 Å². The van der Waals surface area contributed by atoms with Crippen LogP contribution in [0.4, 0.5) is 18.9 Å². The highest BCUT2D eigenvalue weighted by Gasteiger charge is 2.34. The van der Waals surface area contributed by atoms with Gasteiger partial charge in [-0.1, -0.05) is 17.7 Å². The number of alkyl halides is 3. The number of hydrogen-bond donors (Lipinski definition) is 3. The summed E-state index contributed by atoms with van der Waals surface area (Å²) in [7, 11) is -8.35. The Kier molecular flexibility index (Phi) is 7.38. The number of anilines is 1. The summed E-state index contributed by atoms with van der Waals surface area (Å²) in [5.41, 5.74) is -0.815. The Morgan fingerprint density at radius 3 is 2.32 bits per heavy atom. The first-order valence-electron chi connectivity index (χ1n) is 8.41. The third-order valence-corrected chi connectivity index (χ3v) is 6.82. The highest BCUT2D eigenvalue weighted by molar-refractivity contribution is 7.89. The summed E-state index contributed by atoms with van der Waals surface area (Å²) in [5, 5.41) is 6.83. The average molecular weight is 500 g/mol. The van der Waals surface area contributed by atoms with E-state index in [1.54, 1.807) is 0 Å². The third kappa shape index (κ3) is 6.64. The predicted octanol–water partition coefficient (Wildman–Crippen LogP) is 2.62. The summed E-state index contributed by atoms with van der Waals surface area (Å²) in [6.07, 6.45) is -5.22. The molecular formula is C17H17ClF3N3O5S2. The standard InChI is InChI=1S/C17H17ClF3N3O5S2/c1-10-2-3-11(8-15(10)30(22,26)27)24-16(25)6-7-23-31(28,29)12-4-5-14(18)13(9-12)17(19,20)21/h2-5,8-9,23H,6-7H2,1H3,(H,24,25)(H2,22,26,27). The lowest BCUT2D eigenvalue weighted by Gasteiger charge is -2.12. The van der Waals surface area contributed by atoms with Gasteiger partial charge in [0.1, 0.15) is 0 Å². The van der Waals surface area contributed by atoms with Gasteiger partial charge >= 0.3 is 6.18 Å². The number of halogens is 4. The van der Waals surface area contributed by atoms with Crippen molar-refractivity contribution in [3.63, 3.8) is 0 Å². The SMILES string of the molecule is Cc1ccc(NC(=O)CCNS(=O)(=O)c2ccc(Cl)c(C(F)(F)F)c2)cc1S(N)(=O)=O. The smallest absolute Gasteiger partial charge is 0.326 e. The normalized spacial score (nSPS) is 12.6. The Hall–Kier alpha value is -2.19. The summed E-state index contributed by atoms with van der Waals surface area (Å²) < 4.78 is 88.2. The van der Waals surface area contributed by atoms with Crippen LogP contribution in [0.15, 0.2) is 46.2 Å². The minimum atomic E-state index is -4.84. The van der Waals surface area contributed by atoms with Crippen LogP contribution in [0.2, 0.25) is 5.02 Å². The van der Waals surface area contributed by atoms with E-state index in [0.29, 0.717) is 11.6 Å². The summed E-state index contributed by atoms with van der Waals surface area (Å²) in [5.74, 6) is -0.668. The molecule has 14 heteroatoms. The molecule has 2 rings (SSSR count). The highest BCUT2D eigenvalue weighted by atomic mass is 35.5. The Balaban J connectivity index is 2.04. The van der Waals surface area contributed by atoms with Gasteiger partial charge in [0.15, 0.2) is 0 Å². The fourth-order valence-electron chi connectivity index (χ4n) is 2.48. The lowest BCUT2D eigenvalue weighted by Crippen LogP contribution is -2.28. The van der Waals surface area contributed by atoms with Gasteiger partial charge in [-0.05, 0) is 42.8 Å². The maximum absolute atomic E-state index is 12.9. The van der Waals surface area contributed by atoms with Crippen molar-refractivity contribution in [3.05, 3.63) is 52.5 Å². The molecule has 2 aromatic carbocycles. The quantitative estimate of drug-likeness (QED) is 0.538. The maximum atomic E-state index is 12.9. The molecule has 0 radical (unpaired) electrons. The van der Waals surface area contributed by atoms with Crippen LogP contribution in [0.25, 0.3) is 0 Å². The van der Waals surface area contributed by atoms with Gasteiger partial charge in [0.25, 0.3) is 0 Å². The third-order valence-electron chi connectivity index (χ3n) is 3.98. The molecule has 4 N–H and O–H groups in total. The number of amides is 1. The number of benzene rings is 2. The zero-order chi connectivity index (χ0) is 23.6. The van der Waals surface area contributed by atoms with Crippen LogP contribution in [0.5, 0.6) is 0 Å². The molecule has 8 nitrogen and oxygen atoms in total.